The minimum atomic E-state index is -3.91. The summed E-state index contributed by atoms with van der Waals surface area (Å²) in [4.78, 5) is 11.7. The van der Waals surface area contributed by atoms with Crippen molar-refractivity contribution in [1.29, 1.82) is 0 Å². The Labute approximate surface area is 133 Å². The maximum absolute atomic E-state index is 12.5. The minimum Gasteiger partial charge on any atom is -0.468 e. The van der Waals surface area contributed by atoms with Crippen molar-refractivity contribution in [1.82, 2.24) is 24.9 Å². The molecule has 124 valence electrons. The fourth-order valence-corrected chi connectivity index (χ4v) is 3.26. The summed E-state index contributed by atoms with van der Waals surface area (Å²) in [7, 11) is -2.69. The van der Waals surface area contributed by atoms with Crippen LogP contribution in [0.15, 0.2) is 35.5 Å². The first-order valence-corrected chi connectivity index (χ1v) is 8.27. The number of methoxy groups -OCH3 is 1. The van der Waals surface area contributed by atoms with Gasteiger partial charge in [-0.2, -0.15) is 4.72 Å². The molecule has 1 N–H and O–H groups in total. The molecular weight excluding hydrogens is 322 g/mol. The number of nitrogens with one attached hydrogen (secondary N) is 1. The third-order valence-electron chi connectivity index (χ3n) is 3.15. The lowest BCUT2D eigenvalue weighted by Gasteiger charge is -2.19. The van der Waals surface area contributed by atoms with Gasteiger partial charge >= 0.3 is 5.97 Å². The number of tetrazole rings is 1. The Morgan fingerprint density at radius 1 is 1.35 bits per heavy atom. The molecule has 9 nitrogen and oxygen atoms in total. The van der Waals surface area contributed by atoms with Crippen molar-refractivity contribution in [3.05, 3.63) is 30.6 Å². The van der Waals surface area contributed by atoms with E-state index in [1.165, 1.54) is 30.3 Å². The summed E-state index contributed by atoms with van der Waals surface area (Å²) in [6.45, 7) is 3.45. The van der Waals surface area contributed by atoms with Crippen LogP contribution < -0.4 is 4.72 Å². The van der Waals surface area contributed by atoms with Crippen LogP contribution in [0.4, 0.5) is 0 Å². The SMILES string of the molecule is COC(=O)[C@@H](NS(=O)(=O)c1cccc(-n2cnnn2)c1)C(C)C. The van der Waals surface area contributed by atoms with Gasteiger partial charge in [-0.1, -0.05) is 19.9 Å². The molecule has 1 aromatic carbocycles. The van der Waals surface area contributed by atoms with Crippen molar-refractivity contribution in [2.75, 3.05) is 7.11 Å². The predicted molar refractivity (Wildman–Crippen MR) is 80.1 cm³/mol. The summed E-state index contributed by atoms with van der Waals surface area (Å²) in [6, 6.07) is 5.09. The first-order valence-electron chi connectivity index (χ1n) is 6.78. The van der Waals surface area contributed by atoms with Gasteiger partial charge in [0, 0.05) is 0 Å². The topological polar surface area (TPSA) is 116 Å². The van der Waals surface area contributed by atoms with E-state index in [0.717, 1.165) is 0 Å². The second-order valence-electron chi connectivity index (χ2n) is 5.12. The maximum Gasteiger partial charge on any atom is 0.324 e. The average molecular weight is 339 g/mol. The maximum atomic E-state index is 12.5. The zero-order chi connectivity index (χ0) is 17.0. The van der Waals surface area contributed by atoms with Crippen LogP contribution in [-0.4, -0.2) is 47.7 Å². The molecule has 1 heterocycles. The molecule has 23 heavy (non-hydrogen) atoms. The monoisotopic (exact) mass is 339 g/mol. The third-order valence-corrected chi connectivity index (χ3v) is 4.58. The summed E-state index contributed by atoms with van der Waals surface area (Å²) in [6.07, 6.45) is 1.35. The van der Waals surface area contributed by atoms with Crippen LogP contribution >= 0.6 is 0 Å². The molecular formula is C13H17N5O4S. The Morgan fingerprint density at radius 2 is 2.09 bits per heavy atom. The Bertz CT molecular complexity index is 773. The van der Waals surface area contributed by atoms with Gasteiger partial charge in [-0.3, -0.25) is 4.79 Å². The third kappa shape index (κ3) is 3.90. The molecule has 0 saturated carbocycles. The number of aromatic nitrogens is 4. The van der Waals surface area contributed by atoms with Crippen LogP contribution in [0.3, 0.4) is 0 Å². The molecule has 0 amide bonds. The summed E-state index contributed by atoms with van der Waals surface area (Å²) in [5.74, 6) is -0.903. The van der Waals surface area contributed by atoms with E-state index in [4.69, 9.17) is 0 Å². The number of carbonyl (C=O) groups is 1. The Morgan fingerprint density at radius 3 is 2.65 bits per heavy atom. The van der Waals surface area contributed by atoms with E-state index in [1.807, 2.05) is 0 Å². The molecule has 2 rings (SSSR count). The molecule has 0 radical (unpaired) electrons. The first-order chi connectivity index (χ1) is 10.8. The van der Waals surface area contributed by atoms with Crippen LogP contribution in [-0.2, 0) is 19.6 Å². The van der Waals surface area contributed by atoms with Gasteiger partial charge in [0.2, 0.25) is 10.0 Å². The van der Waals surface area contributed by atoms with Crippen molar-refractivity contribution in [2.45, 2.75) is 24.8 Å². The van der Waals surface area contributed by atoms with Gasteiger partial charge in [-0.15, -0.1) is 5.10 Å². The van der Waals surface area contributed by atoms with Crippen LogP contribution in [0.5, 0.6) is 0 Å². The molecule has 0 saturated heterocycles. The zero-order valence-corrected chi connectivity index (χ0v) is 13.7. The minimum absolute atomic E-state index is 0.0000491. The van der Waals surface area contributed by atoms with Gasteiger partial charge in [0.15, 0.2) is 0 Å². The van der Waals surface area contributed by atoms with E-state index in [9.17, 15) is 13.2 Å². The molecule has 2 aromatic rings. The number of hydrogen-bond donors (Lipinski definition) is 1. The highest BCUT2D eigenvalue weighted by atomic mass is 32.2. The molecule has 1 aromatic heterocycles. The number of hydrogen-bond acceptors (Lipinski definition) is 7. The lowest BCUT2D eigenvalue weighted by Crippen LogP contribution is -2.44. The predicted octanol–water partition coefficient (Wildman–Crippen LogP) is 0.138. The zero-order valence-electron chi connectivity index (χ0n) is 12.9. The Hall–Kier alpha value is -2.33. The van der Waals surface area contributed by atoms with Crippen LogP contribution in [0.1, 0.15) is 13.8 Å². The van der Waals surface area contributed by atoms with E-state index in [1.54, 1.807) is 26.0 Å². The number of sulfonamides is 1. The normalized spacial score (nSPS) is 13.0. The van der Waals surface area contributed by atoms with E-state index < -0.39 is 22.0 Å². The molecule has 0 aliphatic carbocycles. The van der Waals surface area contributed by atoms with Gasteiger partial charge in [0.1, 0.15) is 12.4 Å². The highest BCUT2D eigenvalue weighted by Gasteiger charge is 2.29. The molecule has 0 spiro atoms. The molecule has 1 atom stereocenters. The van der Waals surface area contributed by atoms with Crippen LogP contribution in [0.2, 0.25) is 0 Å². The van der Waals surface area contributed by atoms with Crippen LogP contribution in [0, 0.1) is 5.92 Å². The molecule has 10 heteroatoms. The molecule has 0 fully saturated rings. The average Bonchev–Trinajstić information content (AvgIpc) is 3.06. The summed E-state index contributed by atoms with van der Waals surface area (Å²) >= 11 is 0. The van der Waals surface area contributed by atoms with Gasteiger partial charge in [-0.05, 0) is 34.5 Å². The van der Waals surface area contributed by atoms with E-state index in [0.29, 0.717) is 5.69 Å². The number of carbonyl (C=O) groups excluding carboxylic acids is 1. The fraction of sp³-hybridized carbons (Fsp3) is 0.385. The van der Waals surface area contributed by atoms with Crippen molar-refractivity contribution >= 4 is 16.0 Å². The van der Waals surface area contributed by atoms with Crippen molar-refractivity contribution in [3.8, 4) is 5.69 Å². The van der Waals surface area contributed by atoms with E-state index >= 15 is 0 Å². The van der Waals surface area contributed by atoms with Crippen molar-refractivity contribution < 1.29 is 17.9 Å². The second-order valence-corrected chi connectivity index (χ2v) is 6.83. The second kappa shape index (κ2) is 6.84. The van der Waals surface area contributed by atoms with E-state index in [-0.39, 0.29) is 10.8 Å². The summed E-state index contributed by atoms with van der Waals surface area (Å²) in [5.41, 5.74) is 0.483. The largest absolute Gasteiger partial charge is 0.468 e. The molecule has 0 unspecified atom stereocenters. The highest BCUT2D eigenvalue weighted by Crippen LogP contribution is 2.16. The van der Waals surface area contributed by atoms with E-state index in [2.05, 4.69) is 25.0 Å². The Kier molecular flexibility index (Phi) is 5.06. The molecule has 0 bridgehead atoms. The smallest absolute Gasteiger partial charge is 0.324 e. The lowest BCUT2D eigenvalue weighted by atomic mass is 10.1. The standard InChI is InChI=1S/C13H17N5O4S/c1-9(2)12(13(19)22-3)15-23(20,21)11-6-4-5-10(7-11)18-8-14-16-17-18/h4-9,12,15H,1-3H3/t12-/m0/s1. The molecule has 0 aliphatic rings. The summed E-state index contributed by atoms with van der Waals surface area (Å²) in [5, 5.41) is 10.7. The quantitative estimate of drug-likeness (QED) is 0.744. The van der Waals surface area contributed by atoms with Gasteiger partial charge in [0.25, 0.3) is 0 Å². The summed E-state index contributed by atoms with van der Waals surface area (Å²) < 4.78 is 33.4. The van der Waals surface area contributed by atoms with Gasteiger partial charge < -0.3 is 4.74 Å². The van der Waals surface area contributed by atoms with Gasteiger partial charge in [-0.25, -0.2) is 13.1 Å². The molecule has 0 aliphatic heterocycles. The highest BCUT2D eigenvalue weighted by molar-refractivity contribution is 7.89. The van der Waals surface area contributed by atoms with Crippen molar-refractivity contribution in [3.63, 3.8) is 0 Å². The number of esters is 1. The Balaban J connectivity index is 2.32. The lowest BCUT2D eigenvalue weighted by molar-refractivity contribution is -0.143. The van der Waals surface area contributed by atoms with Crippen molar-refractivity contribution in [2.24, 2.45) is 5.92 Å². The van der Waals surface area contributed by atoms with Gasteiger partial charge in [0.05, 0.1) is 17.7 Å². The number of rotatable bonds is 6. The van der Waals surface area contributed by atoms with Crippen LogP contribution in [0.25, 0.3) is 5.69 Å². The number of ether oxygens (including phenoxy) is 1. The number of nitrogens with zero attached hydrogens (tertiary/aromatic N) is 4. The first kappa shape index (κ1) is 17.0. The number of benzene rings is 1. The fourth-order valence-electron chi connectivity index (χ4n) is 1.89.